The standard InChI is InChI=1S/C21H21ClN4O3/c1-25(2)17-6-4-5-15(11-17)21(28)29-13-20(27)23-19-12-18(24-26(19)3)14-7-9-16(22)10-8-14/h4-12H,13H2,1-3H3,(H,23,27). The van der Waals surface area contributed by atoms with Crippen LogP contribution in [0.15, 0.2) is 54.6 Å². The van der Waals surface area contributed by atoms with E-state index in [4.69, 9.17) is 16.3 Å². The van der Waals surface area contributed by atoms with E-state index in [0.29, 0.717) is 22.1 Å². The van der Waals surface area contributed by atoms with Gasteiger partial charge in [0.05, 0.1) is 11.3 Å². The minimum absolute atomic E-state index is 0.384. The van der Waals surface area contributed by atoms with Gasteiger partial charge in [-0.2, -0.15) is 5.10 Å². The molecule has 0 spiro atoms. The van der Waals surface area contributed by atoms with E-state index in [9.17, 15) is 9.59 Å². The number of hydrogen-bond donors (Lipinski definition) is 1. The number of carbonyl (C=O) groups is 2. The fourth-order valence-electron chi connectivity index (χ4n) is 2.65. The quantitative estimate of drug-likeness (QED) is 0.626. The Labute approximate surface area is 173 Å². The van der Waals surface area contributed by atoms with Gasteiger partial charge in [-0.25, -0.2) is 4.79 Å². The molecular formula is C21H21ClN4O3. The molecule has 1 heterocycles. The molecule has 0 radical (unpaired) electrons. The maximum Gasteiger partial charge on any atom is 0.338 e. The van der Waals surface area contributed by atoms with Crippen molar-refractivity contribution in [3.8, 4) is 11.3 Å². The Kier molecular flexibility index (Phi) is 6.19. The average Bonchev–Trinajstić information content (AvgIpc) is 3.07. The third kappa shape index (κ3) is 5.14. The average molecular weight is 413 g/mol. The van der Waals surface area contributed by atoms with Crippen molar-refractivity contribution in [3.05, 3.63) is 65.2 Å². The zero-order valence-electron chi connectivity index (χ0n) is 16.3. The lowest BCUT2D eigenvalue weighted by Gasteiger charge is -2.13. The summed E-state index contributed by atoms with van der Waals surface area (Å²) in [6.07, 6.45) is 0. The molecule has 0 aliphatic rings. The molecule has 0 fully saturated rings. The number of hydrogen-bond acceptors (Lipinski definition) is 5. The lowest BCUT2D eigenvalue weighted by molar-refractivity contribution is -0.119. The van der Waals surface area contributed by atoms with Crippen molar-refractivity contribution in [2.75, 3.05) is 30.9 Å². The van der Waals surface area contributed by atoms with E-state index in [1.165, 1.54) is 0 Å². The second-order valence-electron chi connectivity index (χ2n) is 6.61. The van der Waals surface area contributed by atoms with Crippen LogP contribution in [0.25, 0.3) is 11.3 Å². The van der Waals surface area contributed by atoms with Crippen molar-refractivity contribution in [1.29, 1.82) is 0 Å². The highest BCUT2D eigenvalue weighted by Crippen LogP contribution is 2.23. The van der Waals surface area contributed by atoms with Gasteiger partial charge < -0.3 is 15.0 Å². The minimum Gasteiger partial charge on any atom is -0.452 e. The van der Waals surface area contributed by atoms with Crippen LogP contribution in [-0.4, -0.2) is 42.4 Å². The van der Waals surface area contributed by atoms with Gasteiger partial charge in [-0.15, -0.1) is 0 Å². The molecule has 0 atom stereocenters. The van der Waals surface area contributed by atoms with Crippen molar-refractivity contribution in [2.24, 2.45) is 7.05 Å². The molecule has 150 valence electrons. The molecule has 0 unspecified atom stereocenters. The number of esters is 1. The maximum absolute atomic E-state index is 12.2. The molecule has 0 aliphatic carbocycles. The summed E-state index contributed by atoms with van der Waals surface area (Å²) in [6.45, 7) is -0.396. The number of halogens is 1. The largest absolute Gasteiger partial charge is 0.452 e. The molecule has 0 saturated carbocycles. The minimum atomic E-state index is -0.560. The van der Waals surface area contributed by atoms with Crippen LogP contribution in [0.2, 0.25) is 5.02 Å². The highest BCUT2D eigenvalue weighted by molar-refractivity contribution is 6.30. The van der Waals surface area contributed by atoms with Crippen LogP contribution in [-0.2, 0) is 16.6 Å². The molecule has 7 nitrogen and oxygen atoms in total. The molecule has 0 aliphatic heterocycles. The van der Waals surface area contributed by atoms with Gasteiger partial charge in [0.2, 0.25) is 0 Å². The number of aryl methyl sites for hydroxylation is 1. The van der Waals surface area contributed by atoms with Gasteiger partial charge in [-0.05, 0) is 30.3 Å². The van der Waals surface area contributed by atoms with Gasteiger partial charge in [-0.1, -0.05) is 29.8 Å². The fourth-order valence-corrected chi connectivity index (χ4v) is 2.78. The van der Waals surface area contributed by atoms with Crippen molar-refractivity contribution in [2.45, 2.75) is 0 Å². The molecular weight excluding hydrogens is 392 g/mol. The van der Waals surface area contributed by atoms with Gasteiger partial charge in [0.25, 0.3) is 5.91 Å². The first-order chi connectivity index (χ1) is 13.8. The molecule has 3 rings (SSSR count). The zero-order valence-corrected chi connectivity index (χ0v) is 17.1. The molecule has 1 aromatic heterocycles. The summed E-state index contributed by atoms with van der Waals surface area (Å²) in [5, 5.41) is 7.71. The van der Waals surface area contributed by atoms with Crippen LogP contribution < -0.4 is 10.2 Å². The van der Waals surface area contributed by atoms with Crippen molar-refractivity contribution in [3.63, 3.8) is 0 Å². The number of nitrogens with one attached hydrogen (secondary N) is 1. The third-order valence-corrected chi connectivity index (χ3v) is 4.47. The number of benzene rings is 2. The number of ether oxygens (including phenoxy) is 1. The number of rotatable bonds is 6. The van der Waals surface area contributed by atoms with Gasteiger partial charge >= 0.3 is 5.97 Å². The number of aromatic nitrogens is 2. The summed E-state index contributed by atoms with van der Waals surface area (Å²) in [4.78, 5) is 26.3. The van der Waals surface area contributed by atoms with E-state index < -0.39 is 18.5 Å². The van der Waals surface area contributed by atoms with Crippen LogP contribution in [0.3, 0.4) is 0 Å². The van der Waals surface area contributed by atoms with E-state index in [2.05, 4.69) is 10.4 Å². The lowest BCUT2D eigenvalue weighted by Crippen LogP contribution is -2.22. The second-order valence-corrected chi connectivity index (χ2v) is 7.05. The predicted octanol–water partition coefficient (Wildman–Crippen LogP) is 3.60. The van der Waals surface area contributed by atoms with Crippen molar-refractivity contribution in [1.82, 2.24) is 9.78 Å². The molecule has 1 N–H and O–H groups in total. The molecule has 2 aromatic carbocycles. The fraction of sp³-hybridized carbons (Fsp3) is 0.190. The first kappa shape index (κ1) is 20.4. The molecule has 3 aromatic rings. The summed E-state index contributed by atoms with van der Waals surface area (Å²) >= 11 is 5.91. The van der Waals surface area contributed by atoms with Crippen LogP contribution in [0, 0.1) is 0 Å². The normalized spacial score (nSPS) is 10.5. The Morgan fingerprint density at radius 3 is 2.55 bits per heavy atom. The Bertz CT molecular complexity index is 1030. The van der Waals surface area contributed by atoms with E-state index in [1.54, 1.807) is 48.1 Å². The van der Waals surface area contributed by atoms with E-state index >= 15 is 0 Å². The van der Waals surface area contributed by atoms with E-state index in [0.717, 1.165) is 11.3 Å². The van der Waals surface area contributed by atoms with Crippen LogP contribution >= 0.6 is 11.6 Å². The van der Waals surface area contributed by atoms with Crippen LogP contribution in [0.4, 0.5) is 11.5 Å². The van der Waals surface area contributed by atoms with Crippen molar-refractivity contribution >= 4 is 35.0 Å². The molecule has 8 heteroatoms. The van der Waals surface area contributed by atoms with Crippen LogP contribution in [0.1, 0.15) is 10.4 Å². The first-order valence-electron chi connectivity index (χ1n) is 8.88. The van der Waals surface area contributed by atoms with Gasteiger partial charge in [0.1, 0.15) is 5.82 Å². The van der Waals surface area contributed by atoms with E-state index in [1.807, 2.05) is 37.2 Å². The summed E-state index contributed by atoms with van der Waals surface area (Å²) in [7, 11) is 5.47. The van der Waals surface area contributed by atoms with Gasteiger partial charge in [-0.3, -0.25) is 9.48 Å². The second kappa shape index (κ2) is 8.79. The smallest absolute Gasteiger partial charge is 0.338 e. The van der Waals surface area contributed by atoms with Crippen molar-refractivity contribution < 1.29 is 14.3 Å². The topological polar surface area (TPSA) is 76.5 Å². The number of nitrogens with zero attached hydrogens (tertiary/aromatic N) is 3. The Morgan fingerprint density at radius 1 is 1.14 bits per heavy atom. The SMILES string of the molecule is CN(C)c1cccc(C(=O)OCC(=O)Nc2cc(-c3ccc(Cl)cc3)nn2C)c1. The predicted molar refractivity (Wildman–Crippen MR) is 113 cm³/mol. The summed E-state index contributed by atoms with van der Waals surface area (Å²) in [5.74, 6) is -0.519. The molecule has 1 amide bonds. The molecule has 29 heavy (non-hydrogen) atoms. The summed E-state index contributed by atoms with van der Waals surface area (Å²) in [6, 6.07) is 16.0. The molecule has 0 bridgehead atoms. The monoisotopic (exact) mass is 412 g/mol. The van der Waals surface area contributed by atoms with Gasteiger partial charge in [0, 0.05) is 43.5 Å². The maximum atomic E-state index is 12.2. The summed E-state index contributed by atoms with van der Waals surface area (Å²) < 4.78 is 6.67. The summed E-state index contributed by atoms with van der Waals surface area (Å²) in [5.41, 5.74) is 2.82. The number of carbonyl (C=O) groups excluding carboxylic acids is 2. The molecule has 0 saturated heterocycles. The van der Waals surface area contributed by atoms with Crippen LogP contribution in [0.5, 0.6) is 0 Å². The lowest BCUT2D eigenvalue weighted by atomic mass is 10.1. The highest BCUT2D eigenvalue weighted by Gasteiger charge is 2.14. The number of amides is 1. The van der Waals surface area contributed by atoms with E-state index in [-0.39, 0.29) is 0 Å². The highest BCUT2D eigenvalue weighted by atomic mass is 35.5. The zero-order chi connectivity index (χ0) is 21.0. The number of anilines is 2. The Morgan fingerprint density at radius 2 is 1.86 bits per heavy atom. The first-order valence-corrected chi connectivity index (χ1v) is 9.25. The van der Waals surface area contributed by atoms with Gasteiger partial charge in [0.15, 0.2) is 6.61 Å². The third-order valence-electron chi connectivity index (χ3n) is 4.22. The Hall–Kier alpha value is -3.32. The Balaban J connectivity index is 1.60.